The Morgan fingerprint density at radius 1 is 1.27 bits per heavy atom. The van der Waals surface area contributed by atoms with Crippen molar-refractivity contribution in [2.45, 2.75) is 26.3 Å². The highest BCUT2D eigenvalue weighted by Gasteiger charge is 2.25. The maximum atomic E-state index is 11.8. The normalized spacial score (nSPS) is 11.9. The lowest BCUT2D eigenvalue weighted by Gasteiger charge is -2.29. The maximum absolute atomic E-state index is 11.8. The number of pyridine rings is 1. The molecule has 0 saturated carbocycles. The Balaban J connectivity index is 2.38. The van der Waals surface area contributed by atoms with Gasteiger partial charge in [0.1, 0.15) is 5.75 Å². The van der Waals surface area contributed by atoms with Crippen LogP contribution in [0.2, 0.25) is 0 Å². The molecule has 0 saturated heterocycles. The van der Waals surface area contributed by atoms with Gasteiger partial charge in [0.2, 0.25) is 0 Å². The molecule has 0 aliphatic rings. The molecule has 0 aliphatic heterocycles. The van der Waals surface area contributed by atoms with Gasteiger partial charge in [-0.15, -0.1) is 23.2 Å². The van der Waals surface area contributed by atoms with E-state index in [0.29, 0.717) is 35.2 Å². The number of alkyl halides is 2. The average Bonchev–Trinajstić information content (AvgIpc) is 2.61. The van der Waals surface area contributed by atoms with E-state index in [-0.39, 0.29) is 0 Å². The molecule has 6 nitrogen and oxygen atoms in total. The molecule has 3 rings (SSSR count). The number of hydrogen-bond donors (Lipinski definition) is 2. The fraction of sp³-hybridized carbons (Fsp3) is 0.389. The third kappa shape index (κ3) is 3.44. The molecule has 0 radical (unpaired) electrons. The summed E-state index contributed by atoms with van der Waals surface area (Å²) in [6.45, 7) is 6.24. The van der Waals surface area contributed by atoms with Crippen LogP contribution in [0.15, 0.2) is 23.0 Å². The molecular weight excluding hydrogens is 375 g/mol. The summed E-state index contributed by atoms with van der Waals surface area (Å²) in [5.74, 6) is 1.35. The van der Waals surface area contributed by atoms with Crippen LogP contribution in [-0.2, 0) is 0 Å². The second-order valence-electron chi connectivity index (χ2n) is 6.42. The first-order valence-corrected chi connectivity index (χ1v) is 9.35. The molecule has 2 aromatic heterocycles. The molecule has 0 spiro atoms. The van der Waals surface area contributed by atoms with Crippen LogP contribution in [0.4, 0.5) is 5.69 Å². The minimum Gasteiger partial charge on any atom is -0.494 e. The first kappa shape index (κ1) is 18.7. The molecule has 3 aromatic rings. The van der Waals surface area contributed by atoms with Crippen LogP contribution in [-0.4, -0.2) is 38.9 Å². The highest BCUT2D eigenvalue weighted by atomic mass is 35.5. The van der Waals surface area contributed by atoms with E-state index < -0.39 is 11.2 Å². The summed E-state index contributed by atoms with van der Waals surface area (Å²) in [5, 5.41) is 5.03. The van der Waals surface area contributed by atoms with Gasteiger partial charge in [-0.2, -0.15) is 4.98 Å². The van der Waals surface area contributed by atoms with Crippen LogP contribution in [0.25, 0.3) is 21.9 Å². The van der Waals surface area contributed by atoms with Gasteiger partial charge in [-0.3, -0.25) is 0 Å². The number of aromatic nitrogens is 3. The second kappa shape index (κ2) is 7.29. The molecule has 2 N–H and O–H groups in total. The Morgan fingerprint density at radius 2 is 2.00 bits per heavy atom. The zero-order chi connectivity index (χ0) is 18.9. The van der Waals surface area contributed by atoms with Crippen LogP contribution >= 0.6 is 23.2 Å². The molecule has 8 heteroatoms. The van der Waals surface area contributed by atoms with Gasteiger partial charge >= 0.3 is 5.69 Å². The average molecular weight is 395 g/mol. The van der Waals surface area contributed by atoms with Crippen molar-refractivity contribution < 1.29 is 4.74 Å². The summed E-state index contributed by atoms with van der Waals surface area (Å²) < 4.78 is 5.63. The Bertz CT molecular complexity index is 1020. The Hall–Kier alpha value is -2.05. The predicted molar refractivity (Wildman–Crippen MR) is 107 cm³/mol. The zero-order valence-electron chi connectivity index (χ0n) is 14.8. The van der Waals surface area contributed by atoms with Gasteiger partial charge in [0, 0.05) is 22.8 Å². The number of H-pyrrole nitrogens is 1. The van der Waals surface area contributed by atoms with E-state index in [1.807, 2.05) is 39.0 Å². The topological polar surface area (TPSA) is 79.9 Å². The van der Waals surface area contributed by atoms with Crippen LogP contribution in [0.1, 0.15) is 19.5 Å². The monoisotopic (exact) mass is 394 g/mol. The molecule has 0 unspecified atom stereocenters. The fourth-order valence-electron chi connectivity index (χ4n) is 2.80. The molecule has 0 bridgehead atoms. The Morgan fingerprint density at radius 3 is 2.65 bits per heavy atom. The number of halogens is 2. The molecule has 1 aromatic carbocycles. The minimum absolute atomic E-state index is 0.308. The van der Waals surface area contributed by atoms with Crippen molar-refractivity contribution >= 4 is 50.8 Å². The zero-order valence-corrected chi connectivity index (χ0v) is 16.3. The van der Waals surface area contributed by atoms with E-state index in [1.165, 1.54) is 0 Å². The first-order valence-electron chi connectivity index (χ1n) is 8.28. The largest absolute Gasteiger partial charge is 0.494 e. The van der Waals surface area contributed by atoms with Crippen molar-refractivity contribution in [1.82, 2.24) is 15.0 Å². The molecule has 0 amide bonds. The number of hydrogen-bond acceptors (Lipinski definition) is 5. The lowest BCUT2D eigenvalue weighted by Crippen LogP contribution is -2.39. The van der Waals surface area contributed by atoms with E-state index in [2.05, 4.69) is 20.3 Å². The minimum atomic E-state index is -0.547. The summed E-state index contributed by atoms with van der Waals surface area (Å²) >= 11 is 12.3. The third-order valence-corrected chi connectivity index (χ3v) is 5.32. The first-order chi connectivity index (χ1) is 12.4. The molecule has 26 heavy (non-hydrogen) atoms. The number of nitrogens with zero attached hydrogens (tertiary/aromatic N) is 2. The van der Waals surface area contributed by atoms with E-state index >= 15 is 0 Å². The van der Waals surface area contributed by atoms with Crippen molar-refractivity contribution in [3.05, 3.63) is 34.4 Å². The summed E-state index contributed by atoms with van der Waals surface area (Å²) in [7, 11) is 0. The third-order valence-electron chi connectivity index (χ3n) is 4.14. The molecular formula is C18H20Cl2N4O2. The molecule has 0 atom stereocenters. The standard InChI is InChI=1S/C18H20Cl2N4O2/c1-4-26-11-5-6-13-12(7-11)15(24-18(3,8-19)9-20)14-10(2)21-17(25)23-16(14)22-13/h5-7H,4,8-9H2,1-3H3,(H2,21,22,23,24,25). The van der Waals surface area contributed by atoms with Gasteiger partial charge in [-0.25, -0.2) is 9.78 Å². The summed E-state index contributed by atoms with van der Waals surface area (Å²) in [4.78, 5) is 23.1. The number of fused-ring (bicyclic) bond motifs is 2. The van der Waals surface area contributed by atoms with Crippen molar-refractivity contribution in [1.29, 1.82) is 0 Å². The lowest BCUT2D eigenvalue weighted by molar-refractivity contribution is 0.340. The van der Waals surface area contributed by atoms with Gasteiger partial charge in [0.05, 0.1) is 28.7 Å². The number of nitrogens with one attached hydrogen (secondary N) is 2. The summed E-state index contributed by atoms with van der Waals surface area (Å²) in [6.07, 6.45) is 0. The number of anilines is 1. The van der Waals surface area contributed by atoms with Crippen LogP contribution in [0, 0.1) is 6.92 Å². The molecule has 0 fully saturated rings. The summed E-state index contributed by atoms with van der Waals surface area (Å²) in [5.41, 5.74) is 1.54. The van der Waals surface area contributed by atoms with E-state index in [4.69, 9.17) is 27.9 Å². The van der Waals surface area contributed by atoms with Crippen molar-refractivity contribution in [3.63, 3.8) is 0 Å². The fourth-order valence-corrected chi connectivity index (χ4v) is 3.22. The van der Waals surface area contributed by atoms with E-state index in [9.17, 15) is 4.79 Å². The summed E-state index contributed by atoms with van der Waals surface area (Å²) in [6, 6.07) is 5.61. The van der Waals surface area contributed by atoms with Crippen LogP contribution < -0.4 is 15.7 Å². The van der Waals surface area contributed by atoms with Crippen molar-refractivity contribution in [3.8, 4) is 5.75 Å². The van der Waals surface area contributed by atoms with Gasteiger partial charge in [-0.05, 0) is 39.0 Å². The highest BCUT2D eigenvalue weighted by molar-refractivity contribution is 6.22. The molecule has 2 heterocycles. The van der Waals surface area contributed by atoms with E-state index in [1.54, 1.807) is 0 Å². The number of benzene rings is 1. The lowest BCUT2D eigenvalue weighted by atomic mass is 10.0. The van der Waals surface area contributed by atoms with Gasteiger partial charge in [-0.1, -0.05) is 0 Å². The maximum Gasteiger partial charge on any atom is 0.347 e. The second-order valence-corrected chi connectivity index (χ2v) is 6.95. The number of ether oxygens (including phenoxy) is 1. The van der Waals surface area contributed by atoms with E-state index in [0.717, 1.165) is 22.2 Å². The number of aromatic amines is 1. The number of rotatable bonds is 6. The SMILES string of the molecule is CCOc1ccc2nc3nc(=O)[nH]c(C)c3c(NC(C)(CCl)CCl)c2c1. The van der Waals surface area contributed by atoms with Gasteiger partial charge in [0.15, 0.2) is 5.65 Å². The van der Waals surface area contributed by atoms with Gasteiger partial charge < -0.3 is 15.0 Å². The molecule has 138 valence electrons. The van der Waals surface area contributed by atoms with Crippen molar-refractivity contribution in [2.75, 3.05) is 23.7 Å². The smallest absolute Gasteiger partial charge is 0.347 e. The van der Waals surface area contributed by atoms with Gasteiger partial charge in [0.25, 0.3) is 0 Å². The Kier molecular flexibility index (Phi) is 5.25. The van der Waals surface area contributed by atoms with Crippen LogP contribution in [0.5, 0.6) is 5.75 Å². The highest BCUT2D eigenvalue weighted by Crippen LogP contribution is 2.35. The Labute approximate surface area is 160 Å². The van der Waals surface area contributed by atoms with Crippen LogP contribution in [0.3, 0.4) is 0 Å². The molecule has 0 aliphatic carbocycles. The quantitative estimate of drug-likeness (QED) is 0.490. The van der Waals surface area contributed by atoms with Crippen molar-refractivity contribution in [2.24, 2.45) is 0 Å². The predicted octanol–water partition coefficient (Wildman–Crippen LogP) is 3.83. The number of aryl methyl sites for hydroxylation is 1.